The van der Waals surface area contributed by atoms with Crippen molar-refractivity contribution in [2.45, 2.75) is 45.4 Å². The fraction of sp³-hybridized carbons (Fsp3) is 0.219. The van der Waals surface area contributed by atoms with Gasteiger partial charge in [-0.25, -0.2) is 13.8 Å². The van der Waals surface area contributed by atoms with E-state index in [1.165, 1.54) is 0 Å². The number of thiazole rings is 1. The predicted molar refractivity (Wildman–Crippen MR) is 163 cm³/mol. The first-order valence-electron chi connectivity index (χ1n) is 14.0. The van der Waals surface area contributed by atoms with Gasteiger partial charge in [-0.15, -0.1) is 0 Å². The Morgan fingerprint density at radius 1 is 1.00 bits per heavy atom. The number of aliphatic hydroxyl groups excluding tert-OH is 1. The van der Waals surface area contributed by atoms with Gasteiger partial charge in [0.2, 0.25) is 5.91 Å². The monoisotopic (exact) mass is 633 g/mol. The molecule has 2 unspecified atom stereocenters. The molecular formula is C32H29F2N5O5S. The Labute approximate surface area is 261 Å². The van der Waals surface area contributed by atoms with E-state index < -0.39 is 35.6 Å². The zero-order valence-corrected chi connectivity index (χ0v) is 25.1. The molecule has 232 valence electrons. The Morgan fingerprint density at radius 2 is 1.71 bits per heavy atom. The minimum Gasteiger partial charge on any atom is -0.488 e. The first-order chi connectivity index (χ1) is 21.7. The number of nitrogens with one attached hydrogen (secondary N) is 2. The van der Waals surface area contributed by atoms with Gasteiger partial charge in [-0.1, -0.05) is 72.3 Å². The van der Waals surface area contributed by atoms with Crippen LogP contribution < -0.4 is 15.4 Å². The molecule has 0 bridgehead atoms. The molecule has 0 saturated heterocycles. The number of ether oxygens (including phenoxy) is 1. The Hall–Kier alpha value is -5.01. The number of hydrogen-bond acceptors (Lipinski definition) is 9. The highest BCUT2D eigenvalue weighted by Gasteiger charge is 2.28. The van der Waals surface area contributed by atoms with Crippen molar-refractivity contribution in [1.29, 1.82) is 0 Å². The van der Waals surface area contributed by atoms with Crippen LogP contribution in [0.1, 0.15) is 42.8 Å². The third kappa shape index (κ3) is 7.75. The molecule has 2 heterocycles. The minimum absolute atomic E-state index is 0.140. The highest BCUT2D eigenvalue weighted by atomic mass is 32.1. The molecular weight excluding hydrogens is 604 g/mol. The number of rotatable bonds is 12. The number of aromatic nitrogens is 3. The zero-order valence-electron chi connectivity index (χ0n) is 24.3. The van der Waals surface area contributed by atoms with Crippen LogP contribution in [0.3, 0.4) is 0 Å². The van der Waals surface area contributed by atoms with Crippen molar-refractivity contribution in [3.63, 3.8) is 0 Å². The Morgan fingerprint density at radius 3 is 2.40 bits per heavy atom. The summed E-state index contributed by atoms with van der Waals surface area (Å²) in [6.07, 6.45) is -1.18. The number of benzene rings is 3. The molecule has 0 aliphatic rings. The number of carbonyl (C=O) groups is 2. The molecule has 5 rings (SSSR count). The summed E-state index contributed by atoms with van der Waals surface area (Å²) in [5, 5.41) is 19.7. The number of carbonyl (C=O) groups excluding carboxylic acids is 2. The number of amides is 2. The van der Waals surface area contributed by atoms with Crippen molar-refractivity contribution in [3.8, 4) is 27.8 Å². The Kier molecular flexibility index (Phi) is 9.90. The average Bonchev–Trinajstić information content (AvgIpc) is 3.65. The van der Waals surface area contributed by atoms with Crippen LogP contribution in [0.5, 0.6) is 5.75 Å². The van der Waals surface area contributed by atoms with Crippen LogP contribution in [-0.4, -0.2) is 38.1 Å². The number of nitrogens with zero attached hydrogens (tertiary/aromatic N) is 3. The van der Waals surface area contributed by atoms with E-state index in [0.717, 1.165) is 29.0 Å². The maximum Gasteiger partial charge on any atom is 0.278 e. The van der Waals surface area contributed by atoms with Gasteiger partial charge in [0.25, 0.3) is 11.8 Å². The summed E-state index contributed by atoms with van der Waals surface area (Å²) < 4.78 is 38.9. The molecule has 3 aromatic carbocycles. The van der Waals surface area contributed by atoms with E-state index in [9.17, 15) is 23.5 Å². The minimum atomic E-state index is -1.89. The van der Waals surface area contributed by atoms with Gasteiger partial charge in [0, 0.05) is 11.6 Å². The maximum absolute atomic E-state index is 13.7. The molecule has 2 aromatic heterocycles. The smallest absolute Gasteiger partial charge is 0.278 e. The van der Waals surface area contributed by atoms with Gasteiger partial charge in [-0.2, -0.15) is 4.98 Å². The number of anilines is 1. The summed E-state index contributed by atoms with van der Waals surface area (Å²) in [7, 11) is 0. The lowest BCUT2D eigenvalue weighted by Crippen LogP contribution is -2.45. The summed E-state index contributed by atoms with van der Waals surface area (Å²) in [4.78, 5) is 35.7. The van der Waals surface area contributed by atoms with Gasteiger partial charge in [0.05, 0.1) is 4.88 Å². The van der Waals surface area contributed by atoms with Gasteiger partial charge >= 0.3 is 0 Å². The van der Waals surface area contributed by atoms with Crippen molar-refractivity contribution < 1.29 is 32.7 Å². The third-order valence-electron chi connectivity index (χ3n) is 6.62. The fourth-order valence-corrected chi connectivity index (χ4v) is 5.48. The number of halogens is 2. The Balaban J connectivity index is 1.40. The lowest BCUT2D eigenvalue weighted by Gasteiger charge is -2.19. The molecule has 0 aliphatic heterocycles. The van der Waals surface area contributed by atoms with E-state index in [0.29, 0.717) is 46.8 Å². The topological polar surface area (TPSA) is 139 Å². The summed E-state index contributed by atoms with van der Waals surface area (Å²) >= 11 is 1.15. The third-order valence-corrected chi connectivity index (χ3v) is 7.62. The molecule has 3 N–H and O–H groups in total. The molecule has 0 fully saturated rings. The molecule has 45 heavy (non-hydrogen) atoms. The lowest BCUT2D eigenvalue weighted by atomic mass is 10.1. The van der Waals surface area contributed by atoms with Crippen LogP contribution in [0, 0.1) is 18.6 Å². The second kappa shape index (κ2) is 14.2. The number of para-hydroxylation sites is 1. The van der Waals surface area contributed by atoms with E-state index in [1.54, 1.807) is 6.92 Å². The van der Waals surface area contributed by atoms with Crippen molar-refractivity contribution in [3.05, 3.63) is 101 Å². The van der Waals surface area contributed by atoms with Crippen molar-refractivity contribution in [2.75, 3.05) is 5.32 Å². The van der Waals surface area contributed by atoms with E-state index in [-0.39, 0.29) is 23.0 Å². The zero-order chi connectivity index (χ0) is 31.9. The second-order valence-corrected chi connectivity index (χ2v) is 11.1. The SMILES string of the molecule is CCCC(NC(=O)C(O)c1cc(F)cc(F)c1)C(=O)Nc1nc(-c2nc(C)no2)c(-c2ccccc2OCc2ccccc2)s1. The maximum atomic E-state index is 13.7. The van der Waals surface area contributed by atoms with Gasteiger partial charge in [-0.3, -0.25) is 9.59 Å². The number of aryl methyl sites for hydroxylation is 1. The highest BCUT2D eigenvalue weighted by molar-refractivity contribution is 7.19. The van der Waals surface area contributed by atoms with E-state index in [1.807, 2.05) is 61.5 Å². The van der Waals surface area contributed by atoms with Crippen LogP contribution in [0.15, 0.2) is 77.3 Å². The van der Waals surface area contributed by atoms with E-state index in [2.05, 4.69) is 25.8 Å². The van der Waals surface area contributed by atoms with Crippen LogP contribution in [0.25, 0.3) is 22.0 Å². The highest BCUT2D eigenvalue weighted by Crippen LogP contribution is 2.42. The number of hydrogen-bond donors (Lipinski definition) is 3. The van der Waals surface area contributed by atoms with E-state index in [4.69, 9.17) is 9.26 Å². The van der Waals surface area contributed by atoms with Crippen molar-refractivity contribution >= 4 is 28.3 Å². The van der Waals surface area contributed by atoms with Crippen molar-refractivity contribution in [1.82, 2.24) is 20.4 Å². The number of aliphatic hydroxyl groups is 1. The molecule has 13 heteroatoms. The van der Waals surface area contributed by atoms with Crippen LogP contribution in [0.2, 0.25) is 0 Å². The average molecular weight is 634 g/mol. The molecule has 5 aromatic rings. The molecule has 2 atom stereocenters. The summed E-state index contributed by atoms with van der Waals surface area (Å²) in [5.74, 6) is -2.38. The standard InChI is InChI=1S/C32H29F2N5O5S/c1-3-9-24(36-30(42)27(40)20-14-21(33)16-22(34)15-20)29(41)38-32-37-26(31-35-18(2)39-44-31)28(45-32)23-12-7-8-13-25(23)43-17-19-10-5-4-6-11-19/h4-8,10-16,24,27,40H,3,9,17H2,1-2H3,(H,36,42)(H,37,38,41). The molecule has 0 aliphatic carbocycles. The summed E-state index contributed by atoms with van der Waals surface area (Å²) in [6.45, 7) is 3.81. The molecule has 0 radical (unpaired) electrons. The molecule has 0 saturated carbocycles. The summed E-state index contributed by atoms with van der Waals surface area (Å²) in [6, 6.07) is 18.3. The van der Waals surface area contributed by atoms with Crippen molar-refractivity contribution in [2.24, 2.45) is 0 Å². The first-order valence-corrected chi connectivity index (χ1v) is 14.9. The quantitative estimate of drug-likeness (QED) is 0.152. The largest absolute Gasteiger partial charge is 0.488 e. The van der Waals surface area contributed by atoms with Gasteiger partial charge in [0.15, 0.2) is 17.1 Å². The van der Waals surface area contributed by atoms with Crippen LogP contribution in [-0.2, 0) is 16.2 Å². The van der Waals surface area contributed by atoms with Gasteiger partial charge < -0.3 is 25.0 Å². The predicted octanol–water partition coefficient (Wildman–Crippen LogP) is 5.98. The normalized spacial score (nSPS) is 12.4. The van der Waals surface area contributed by atoms with Crippen LogP contribution in [0.4, 0.5) is 13.9 Å². The first kappa shape index (κ1) is 31.4. The second-order valence-electron chi connectivity index (χ2n) is 10.1. The lowest BCUT2D eigenvalue weighted by molar-refractivity contribution is -0.133. The molecule has 10 nitrogen and oxygen atoms in total. The molecule has 0 spiro atoms. The van der Waals surface area contributed by atoms with E-state index >= 15 is 0 Å². The molecule has 2 amide bonds. The fourth-order valence-electron chi connectivity index (χ4n) is 4.49. The van der Waals surface area contributed by atoms with Gasteiger partial charge in [-0.05, 0) is 48.7 Å². The summed E-state index contributed by atoms with van der Waals surface area (Å²) in [5.41, 5.74) is 1.71. The Bertz CT molecular complexity index is 1780. The van der Waals surface area contributed by atoms with Crippen LogP contribution >= 0.6 is 11.3 Å². The van der Waals surface area contributed by atoms with Gasteiger partial charge in [0.1, 0.15) is 35.7 Å².